The summed E-state index contributed by atoms with van der Waals surface area (Å²) < 4.78 is 0. The fourth-order valence-corrected chi connectivity index (χ4v) is 5.47. The molecule has 2 aliphatic carbocycles. The molecular formula is C24H25N. The van der Waals surface area contributed by atoms with E-state index in [1.807, 2.05) is 0 Å². The number of fused-ring (bicyclic) bond motifs is 3. The van der Waals surface area contributed by atoms with Gasteiger partial charge < -0.3 is 0 Å². The summed E-state index contributed by atoms with van der Waals surface area (Å²) in [5.74, 6) is 0.970. The van der Waals surface area contributed by atoms with E-state index in [2.05, 4.69) is 62.4 Å². The highest BCUT2D eigenvalue weighted by Gasteiger charge is 2.46. The second kappa shape index (κ2) is 5.42. The molecule has 2 aromatic carbocycles. The Hall–Kier alpha value is -2.15. The van der Waals surface area contributed by atoms with Crippen LogP contribution in [0.4, 0.5) is 0 Å². The fourth-order valence-electron chi connectivity index (χ4n) is 5.47. The third kappa shape index (κ3) is 2.40. The van der Waals surface area contributed by atoms with E-state index in [1.165, 1.54) is 54.2 Å². The van der Waals surface area contributed by atoms with E-state index in [0.29, 0.717) is 5.41 Å². The Morgan fingerprint density at radius 2 is 1.68 bits per heavy atom. The third-order valence-corrected chi connectivity index (χ3v) is 6.56. The Morgan fingerprint density at radius 1 is 0.920 bits per heavy atom. The minimum Gasteiger partial charge on any atom is -0.248 e. The molecule has 126 valence electrons. The van der Waals surface area contributed by atoms with Crippen molar-refractivity contribution in [2.45, 2.75) is 51.4 Å². The smallest absolute Gasteiger partial charge is 0.0712 e. The Kier molecular flexibility index (Phi) is 3.28. The molecule has 1 heteroatoms. The highest BCUT2D eigenvalue weighted by molar-refractivity contribution is 5.86. The van der Waals surface area contributed by atoms with Gasteiger partial charge in [0.25, 0.3) is 0 Å². The molecule has 0 amide bonds. The van der Waals surface area contributed by atoms with Gasteiger partial charge in [0.05, 0.1) is 11.2 Å². The molecule has 2 aliphatic rings. The molecule has 3 aromatic rings. The molecule has 0 aliphatic heterocycles. The molecule has 0 saturated heterocycles. The average Bonchev–Trinajstić information content (AvgIpc) is 3.22. The van der Waals surface area contributed by atoms with Gasteiger partial charge in [-0.1, -0.05) is 35.4 Å². The van der Waals surface area contributed by atoms with Gasteiger partial charge in [0.1, 0.15) is 0 Å². The standard InChI is InChI=1S/C24H25N/c1-16-12-17(2)14-19(13-16)22-7-6-20-21(4-3-5-23(20)25-22)24-10-8-18(15-24)9-11-24/h3-7,12-14,18H,8-11,15H2,1-2H3. The summed E-state index contributed by atoms with van der Waals surface area (Å²) >= 11 is 0. The third-order valence-electron chi connectivity index (χ3n) is 6.56. The predicted octanol–water partition coefficient (Wildman–Crippen LogP) is 6.35. The topological polar surface area (TPSA) is 12.9 Å². The van der Waals surface area contributed by atoms with Crippen LogP contribution in [0, 0.1) is 19.8 Å². The number of pyridine rings is 1. The van der Waals surface area contributed by atoms with Crippen LogP contribution in [0.25, 0.3) is 22.2 Å². The van der Waals surface area contributed by atoms with Crippen LogP contribution in [0.2, 0.25) is 0 Å². The summed E-state index contributed by atoms with van der Waals surface area (Å²) in [6.45, 7) is 4.32. The quantitative estimate of drug-likeness (QED) is 0.534. The first-order chi connectivity index (χ1) is 12.1. The van der Waals surface area contributed by atoms with Gasteiger partial charge >= 0.3 is 0 Å². The molecule has 1 aromatic heterocycles. The molecule has 5 rings (SSSR count). The second-order valence-corrected chi connectivity index (χ2v) is 8.37. The van der Waals surface area contributed by atoms with Gasteiger partial charge in [0, 0.05) is 10.9 Å². The molecule has 0 radical (unpaired) electrons. The van der Waals surface area contributed by atoms with E-state index in [0.717, 1.165) is 17.1 Å². The van der Waals surface area contributed by atoms with Crippen molar-refractivity contribution in [2.75, 3.05) is 0 Å². The normalized spacial score (nSPS) is 25.0. The molecule has 0 spiro atoms. The number of hydrogen-bond donors (Lipinski definition) is 0. The van der Waals surface area contributed by atoms with Crippen LogP contribution in [0.1, 0.15) is 48.8 Å². The zero-order valence-electron chi connectivity index (χ0n) is 15.2. The molecule has 1 nitrogen and oxygen atoms in total. The summed E-state index contributed by atoms with van der Waals surface area (Å²) in [5.41, 5.74) is 8.06. The molecule has 2 bridgehead atoms. The van der Waals surface area contributed by atoms with E-state index in [1.54, 1.807) is 5.56 Å². The van der Waals surface area contributed by atoms with Crippen molar-refractivity contribution >= 4 is 10.9 Å². The molecular weight excluding hydrogens is 302 g/mol. The lowest BCUT2D eigenvalue weighted by Gasteiger charge is -2.28. The monoisotopic (exact) mass is 327 g/mol. The summed E-state index contributed by atoms with van der Waals surface area (Å²) in [6, 6.07) is 18.0. The van der Waals surface area contributed by atoms with Crippen molar-refractivity contribution < 1.29 is 0 Å². The maximum absolute atomic E-state index is 5.04. The predicted molar refractivity (Wildman–Crippen MR) is 105 cm³/mol. The number of aryl methyl sites for hydroxylation is 2. The summed E-state index contributed by atoms with van der Waals surface area (Å²) in [4.78, 5) is 5.04. The van der Waals surface area contributed by atoms with E-state index >= 15 is 0 Å². The van der Waals surface area contributed by atoms with Crippen LogP contribution in [-0.4, -0.2) is 4.98 Å². The molecule has 2 fully saturated rings. The first-order valence-electron chi connectivity index (χ1n) is 9.62. The zero-order chi connectivity index (χ0) is 17.0. The second-order valence-electron chi connectivity index (χ2n) is 8.37. The number of aromatic nitrogens is 1. The fraction of sp³-hybridized carbons (Fsp3) is 0.375. The first kappa shape index (κ1) is 15.1. The lowest BCUT2D eigenvalue weighted by Crippen LogP contribution is -2.19. The van der Waals surface area contributed by atoms with Gasteiger partial charge in [-0.25, -0.2) is 4.98 Å². The number of nitrogens with zero attached hydrogens (tertiary/aromatic N) is 1. The molecule has 1 heterocycles. The van der Waals surface area contributed by atoms with E-state index in [9.17, 15) is 0 Å². The van der Waals surface area contributed by atoms with Gasteiger partial charge in [-0.15, -0.1) is 0 Å². The first-order valence-corrected chi connectivity index (χ1v) is 9.62. The van der Waals surface area contributed by atoms with Crippen molar-refractivity contribution in [3.8, 4) is 11.3 Å². The minimum atomic E-state index is 0.438. The highest BCUT2D eigenvalue weighted by Crippen LogP contribution is 2.56. The van der Waals surface area contributed by atoms with Crippen molar-refractivity contribution in [2.24, 2.45) is 5.92 Å². The molecule has 0 unspecified atom stereocenters. The maximum Gasteiger partial charge on any atom is 0.0712 e. The molecule has 0 N–H and O–H groups in total. The van der Waals surface area contributed by atoms with Gasteiger partial charge in [-0.05, 0) is 87.1 Å². The van der Waals surface area contributed by atoms with Crippen molar-refractivity contribution in [3.05, 3.63) is 65.2 Å². The maximum atomic E-state index is 5.04. The zero-order valence-corrected chi connectivity index (χ0v) is 15.2. The Labute approximate surface area is 150 Å². The van der Waals surface area contributed by atoms with Crippen LogP contribution in [-0.2, 0) is 5.41 Å². The Morgan fingerprint density at radius 3 is 2.36 bits per heavy atom. The van der Waals surface area contributed by atoms with Crippen LogP contribution >= 0.6 is 0 Å². The molecule has 0 atom stereocenters. The van der Waals surface area contributed by atoms with E-state index < -0.39 is 0 Å². The van der Waals surface area contributed by atoms with Gasteiger partial charge in [-0.3, -0.25) is 0 Å². The van der Waals surface area contributed by atoms with Crippen molar-refractivity contribution in [1.29, 1.82) is 0 Å². The van der Waals surface area contributed by atoms with E-state index in [-0.39, 0.29) is 0 Å². The van der Waals surface area contributed by atoms with Gasteiger partial charge in [0.15, 0.2) is 0 Å². The van der Waals surface area contributed by atoms with Gasteiger partial charge in [0.2, 0.25) is 0 Å². The van der Waals surface area contributed by atoms with Crippen molar-refractivity contribution in [1.82, 2.24) is 4.98 Å². The van der Waals surface area contributed by atoms with Crippen LogP contribution in [0.5, 0.6) is 0 Å². The van der Waals surface area contributed by atoms with Gasteiger partial charge in [-0.2, -0.15) is 0 Å². The highest BCUT2D eigenvalue weighted by atomic mass is 14.7. The Balaban J connectivity index is 1.64. The van der Waals surface area contributed by atoms with Crippen LogP contribution < -0.4 is 0 Å². The lowest BCUT2D eigenvalue weighted by atomic mass is 9.76. The largest absolute Gasteiger partial charge is 0.248 e. The summed E-state index contributed by atoms with van der Waals surface area (Å²) in [5, 5.41) is 1.37. The SMILES string of the molecule is Cc1cc(C)cc(-c2ccc3c(C45CCC(CC4)C5)cccc3n2)c1. The lowest BCUT2D eigenvalue weighted by molar-refractivity contribution is 0.421. The average molecular weight is 327 g/mol. The van der Waals surface area contributed by atoms with Crippen LogP contribution in [0.15, 0.2) is 48.5 Å². The number of rotatable bonds is 2. The minimum absolute atomic E-state index is 0.438. The van der Waals surface area contributed by atoms with E-state index in [4.69, 9.17) is 4.98 Å². The van der Waals surface area contributed by atoms with Crippen molar-refractivity contribution in [3.63, 3.8) is 0 Å². The summed E-state index contributed by atoms with van der Waals surface area (Å²) in [7, 11) is 0. The number of benzene rings is 2. The summed E-state index contributed by atoms with van der Waals surface area (Å²) in [6.07, 6.45) is 6.98. The Bertz CT molecular complexity index is 941. The molecule has 2 saturated carbocycles. The van der Waals surface area contributed by atoms with Crippen LogP contribution in [0.3, 0.4) is 0 Å². The number of hydrogen-bond acceptors (Lipinski definition) is 1. The molecule has 25 heavy (non-hydrogen) atoms.